The predicted octanol–water partition coefficient (Wildman–Crippen LogP) is 15.8. The maximum Gasteiger partial charge on any atom is 0.0713 e. The largest absolute Gasteiger partial charge is 0.313 e. The molecular formula is C61H42N2. The Bertz CT molecular complexity index is 3610. The molecule has 11 aromatic rings. The maximum absolute atomic E-state index is 2.53. The Morgan fingerprint density at radius 2 is 0.968 bits per heavy atom. The van der Waals surface area contributed by atoms with Crippen molar-refractivity contribution in [2.24, 2.45) is 0 Å². The number of hydrogen-bond donors (Lipinski definition) is 0. The Morgan fingerprint density at radius 1 is 0.381 bits per heavy atom. The van der Waals surface area contributed by atoms with Gasteiger partial charge in [0.2, 0.25) is 0 Å². The lowest BCUT2D eigenvalue weighted by Gasteiger charge is -2.34. The molecule has 296 valence electrons. The van der Waals surface area contributed by atoms with E-state index >= 15 is 0 Å². The van der Waals surface area contributed by atoms with Crippen molar-refractivity contribution >= 4 is 49.3 Å². The molecule has 0 saturated carbocycles. The third-order valence-corrected chi connectivity index (χ3v) is 13.9. The lowest BCUT2D eigenvalue weighted by Crippen LogP contribution is -2.28. The summed E-state index contributed by atoms with van der Waals surface area (Å²) < 4.78 is 4.96. The summed E-state index contributed by atoms with van der Waals surface area (Å²) in [6, 6.07) is 79.1. The summed E-state index contributed by atoms with van der Waals surface area (Å²) in [5.74, 6) is 0. The molecule has 0 radical (unpaired) electrons. The zero-order valence-corrected chi connectivity index (χ0v) is 34.7. The van der Waals surface area contributed by atoms with Gasteiger partial charge in [0.1, 0.15) is 0 Å². The van der Waals surface area contributed by atoms with Crippen LogP contribution in [0.3, 0.4) is 0 Å². The Morgan fingerprint density at radius 3 is 1.71 bits per heavy atom. The van der Waals surface area contributed by atoms with E-state index in [-0.39, 0.29) is 0 Å². The summed E-state index contributed by atoms with van der Waals surface area (Å²) in [5.41, 5.74) is 19.6. The minimum absolute atomic E-state index is 0.478. The van der Waals surface area contributed by atoms with Crippen LogP contribution in [0.25, 0.3) is 88.4 Å². The van der Waals surface area contributed by atoms with E-state index in [1.165, 1.54) is 105 Å². The number of fused-ring (bicyclic) bond motifs is 9. The van der Waals surface area contributed by atoms with Crippen molar-refractivity contribution in [3.05, 3.63) is 253 Å². The Balaban J connectivity index is 1.06. The molecule has 2 nitrogen and oxygen atoms in total. The number of allylic oxidation sites excluding steroid dienone is 4. The normalized spacial score (nSPS) is 14.1. The summed E-state index contributed by atoms with van der Waals surface area (Å²) in [4.78, 5) is 0. The second-order valence-corrected chi connectivity index (χ2v) is 17.1. The number of hydrogen-bond acceptors (Lipinski definition) is 0. The smallest absolute Gasteiger partial charge is 0.0713 e. The second-order valence-electron chi connectivity index (χ2n) is 17.1. The minimum atomic E-state index is -0.478. The Hall–Kier alpha value is -7.94. The van der Waals surface area contributed by atoms with Crippen LogP contribution in [0.5, 0.6) is 0 Å². The van der Waals surface area contributed by atoms with E-state index < -0.39 is 5.41 Å². The Labute approximate surface area is 367 Å². The van der Waals surface area contributed by atoms with Gasteiger partial charge in [-0.15, -0.1) is 0 Å². The molecule has 2 aliphatic carbocycles. The van der Waals surface area contributed by atoms with E-state index in [1.54, 1.807) is 0 Å². The molecule has 13 rings (SSSR count). The molecule has 0 amide bonds. The molecule has 2 heterocycles. The fourth-order valence-corrected chi connectivity index (χ4v) is 11.2. The molecule has 0 saturated heterocycles. The SMILES string of the molecule is C1=CCCC(n2c3ccc(-c4cccc5c4c4ccccc4n5-c4ccc(-c5ccccc5)cc4)cc3c3cc(C4(c5ccccc5)c5ccccc5-c5ccccc54)ccc32)=C1. The highest BCUT2D eigenvalue weighted by atomic mass is 15.0. The molecule has 9 aromatic carbocycles. The van der Waals surface area contributed by atoms with Crippen LogP contribution in [0.1, 0.15) is 35.1 Å². The third-order valence-electron chi connectivity index (χ3n) is 13.9. The molecule has 0 N–H and O–H groups in total. The zero-order chi connectivity index (χ0) is 41.5. The van der Waals surface area contributed by atoms with Crippen molar-refractivity contribution in [3.63, 3.8) is 0 Å². The summed E-state index contributed by atoms with van der Waals surface area (Å²) in [5, 5.41) is 5.05. The van der Waals surface area contributed by atoms with Gasteiger partial charge in [0, 0.05) is 32.9 Å². The molecule has 0 aliphatic heterocycles. The minimum Gasteiger partial charge on any atom is -0.313 e. The van der Waals surface area contributed by atoms with E-state index in [4.69, 9.17) is 0 Å². The molecule has 0 atom stereocenters. The Kier molecular flexibility index (Phi) is 7.98. The van der Waals surface area contributed by atoms with Gasteiger partial charge in [0.05, 0.1) is 27.5 Å². The third kappa shape index (κ3) is 5.25. The molecule has 2 aliphatic rings. The van der Waals surface area contributed by atoms with Crippen molar-refractivity contribution in [2.45, 2.75) is 18.3 Å². The quantitative estimate of drug-likeness (QED) is 0.158. The predicted molar refractivity (Wildman–Crippen MR) is 265 cm³/mol. The van der Waals surface area contributed by atoms with Crippen LogP contribution in [0.15, 0.2) is 231 Å². The molecule has 0 spiro atoms. The zero-order valence-electron chi connectivity index (χ0n) is 34.7. The molecule has 0 unspecified atom stereocenters. The summed E-state index contributed by atoms with van der Waals surface area (Å²) in [6.07, 6.45) is 8.84. The summed E-state index contributed by atoms with van der Waals surface area (Å²) >= 11 is 0. The van der Waals surface area contributed by atoms with Crippen molar-refractivity contribution in [1.82, 2.24) is 9.13 Å². The first-order chi connectivity index (χ1) is 31.3. The van der Waals surface area contributed by atoms with E-state index in [2.05, 4.69) is 240 Å². The van der Waals surface area contributed by atoms with Crippen molar-refractivity contribution in [2.75, 3.05) is 0 Å². The first-order valence-electron chi connectivity index (χ1n) is 22.2. The van der Waals surface area contributed by atoms with E-state index in [0.29, 0.717) is 0 Å². The molecular weight excluding hydrogens is 761 g/mol. The van der Waals surface area contributed by atoms with Crippen LogP contribution < -0.4 is 0 Å². The fourth-order valence-electron chi connectivity index (χ4n) is 11.2. The van der Waals surface area contributed by atoms with Gasteiger partial charge in [0.15, 0.2) is 0 Å². The molecule has 0 bridgehead atoms. The number of nitrogens with zero attached hydrogens (tertiary/aromatic N) is 2. The van der Waals surface area contributed by atoms with Gasteiger partial charge in [-0.2, -0.15) is 0 Å². The van der Waals surface area contributed by atoms with Crippen molar-refractivity contribution < 1.29 is 0 Å². The standard InChI is InChI=1S/C61H42N2/c1-4-17-41(18-5-1)42-31-35-47(36-32-42)63-56-29-15-12-25-51(56)60-48(26-16-30-59(60)63)43-33-37-57-52(39-43)53-40-45(34-38-58(53)62(57)46-21-8-3-9-22-46)61(44-19-6-2-7-20-44)54-27-13-10-23-49(54)50-24-11-14-28-55(50)61/h1-8,10-21,23-40H,9,22H2. The van der Waals surface area contributed by atoms with Gasteiger partial charge in [-0.1, -0.05) is 176 Å². The first-order valence-corrected chi connectivity index (χ1v) is 22.2. The number of benzene rings is 9. The highest BCUT2D eigenvalue weighted by Crippen LogP contribution is 2.56. The molecule has 2 aromatic heterocycles. The van der Waals surface area contributed by atoms with Crippen LogP contribution in [0.4, 0.5) is 0 Å². The van der Waals surface area contributed by atoms with Gasteiger partial charge >= 0.3 is 0 Å². The van der Waals surface area contributed by atoms with E-state index in [9.17, 15) is 0 Å². The van der Waals surface area contributed by atoms with Crippen LogP contribution >= 0.6 is 0 Å². The van der Waals surface area contributed by atoms with Gasteiger partial charge < -0.3 is 9.13 Å². The van der Waals surface area contributed by atoms with E-state index in [0.717, 1.165) is 18.5 Å². The van der Waals surface area contributed by atoms with Crippen LogP contribution in [-0.2, 0) is 5.41 Å². The van der Waals surface area contributed by atoms with Crippen molar-refractivity contribution in [1.29, 1.82) is 0 Å². The molecule has 63 heavy (non-hydrogen) atoms. The van der Waals surface area contributed by atoms with Gasteiger partial charge in [-0.25, -0.2) is 0 Å². The number of para-hydroxylation sites is 1. The van der Waals surface area contributed by atoms with Crippen LogP contribution in [0.2, 0.25) is 0 Å². The number of aromatic nitrogens is 2. The van der Waals surface area contributed by atoms with Gasteiger partial charge in [0.25, 0.3) is 0 Å². The highest BCUT2D eigenvalue weighted by Gasteiger charge is 2.46. The lowest BCUT2D eigenvalue weighted by atomic mass is 9.67. The fraction of sp³-hybridized carbons (Fsp3) is 0.0492. The maximum atomic E-state index is 2.53. The average molecular weight is 803 g/mol. The lowest BCUT2D eigenvalue weighted by molar-refractivity contribution is 0.770. The topological polar surface area (TPSA) is 9.86 Å². The summed E-state index contributed by atoms with van der Waals surface area (Å²) in [6.45, 7) is 0. The highest BCUT2D eigenvalue weighted by molar-refractivity contribution is 6.17. The molecule has 0 fully saturated rings. The first kappa shape index (κ1) is 35.8. The number of rotatable bonds is 6. The second kappa shape index (κ2) is 14.1. The molecule has 2 heteroatoms. The van der Waals surface area contributed by atoms with E-state index in [1.807, 2.05) is 0 Å². The average Bonchev–Trinajstić information content (AvgIpc) is 3.99. The van der Waals surface area contributed by atoms with Crippen molar-refractivity contribution in [3.8, 4) is 39.1 Å². The monoisotopic (exact) mass is 802 g/mol. The van der Waals surface area contributed by atoms with Gasteiger partial charge in [-0.3, -0.25) is 0 Å². The summed E-state index contributed by atoms with van der Waals surface area (Å²) in [7, 11) is 0. The van der Waals surface area contributed by atoms with Crippen LogP contribution in [0, 0.1) is 0 Å². The van der Waals surface area contributed by atoms with Gasteiger partial charge in [-0.05, 0) is 123 Å². The van der Waals surface area contributed by atoms with Crippen LogP contribution in [-0.4, -0.2) is 9.13 Å².